The van der Waals surface area contributed by atoms with E-state index in [0.717, 1.165) is 23.3 Å². The SMILES string of the molecule is CCNC(=NCc1ccc(COCC)cc1)NCc1cc(F)ccc1F. The number of ether oxygens (including phenoxy) is 1. The maximum Gasteiger partial charge on any atom is 0.191 e. The molecule has 0 heterocycles. The van der Waals surface area contributed by atoms with E-state index < -0.39 is 11.6 Å². The second-order valence-electron chi connectivity index (χ2n) is 5.74. The molecule has 0 fully saturated rings. The van der Waals surface area contributed by atoms with E-state index in [1.54, 1.807) is 0 Å². The summed E-state index contributed by atoms with van der Waals surface area (Å²) in [5.41, 5.74) is 2.43. The van der Waals surface area contributed by atoms with Crippen LogP contribution in [0, 0.1) is 11.6 Å². The number of rotatable bonds is 8. The molecule has 0 saturated carbocycles. The van der Waals surface area contributed by atoms with E-state index in [2.05, 4.69) is 15.6 Å². The van der Waals surface area contributed by atoms with Crippen molar-refractivity contribution >= 4 is 5.96 Å². The molecule has 4 nitrogen and oxygen atoms in total. The van der Waals surface area contributed by atoms with E-state index in [0.29, 0.717) is 32.3 Å². The summed E-state index contributed by atoms with van der Waals surface area (Å²) in [6.07, 6.45) is 0. The molecule has 2 rings (SSSR count). The number of halogens is 2. The summed E-state index contributed by atoms with van der Waals surface area (Å²) in [5.74, 6) is -0.355. The topological polar surface area (TPSA) is 45.7 Å². The minimum absolute atomic E-state index is 0.155. The van der Waals surface area contributed by atoms with Crippen LogP contribution in [-0.2, 0) is 24.4 Å². The molecule has 26 heavy (non-hydrogen) atoms. The second-order valence-corrected chi connectivity index (χ2v) is 5.74. The summed E-state index contributed by atoms with van der Waals surface area (Å²) < 4.78 is 32.3. The Kier molecular flexibility index (Phi) is 8.02. The van der Waals surface area contributed by atoms with Crippen molar-refractivity contribution in [2.75, 3.05) is 13.2 Å². The van der Waals surface area contributed by atoms with Crippen LogP contribution in [0.5, 0.6) is 0 Å². The van der Waals surface area contributed by atoms with Gasteiger partial charge in [-0.2, -0.15) is 0 Å². The summed E-state index contributed by atoms with van der Waals surface area (Å²) in [6.45, 7) is 6.51. The fourth-order valence-electron chi connectivity index (χ4n) is 2.33. The van der Waals surface area contributed by atoms with Crippen molar-refractivity contribution in [1.82, 2.24) is 10.6 Å². The maximum atomic E-state index is 13.7. The molecule has 0 aromatic heterocycles. The zero-order valence-corrected chi connectivity index (χ0v) is 15.2. The van der Waals surface area contributed by atoms with Crippen molar-refractivity contribution in [1.29, 1.82) is 0 Å². The minimum atomic E-state index is -0.461. The van der Waals surface area contributed by atoms with Crippen molar-refractivity contribution in [3.05, 3.63) is 70.8 Å². The lowest BCUT2D eigenvalue weighted by Crippen LogP contribution is -2.37. The van der Waals surface area contributed by atoms with Crippen molar-refractivity contribution in [3.8, 4) is 0 Å². The first-order valence-electron chi connectivity index (χ1n) is 8.74. The molecule has 0 aliphatic rings. The molecule has 140 valence electrons. The van der Waals surface area contributed by atoms with Gasteiger partial charge >= 0.3 is 0 Å². The molecule has 6 heteroatoms. The van der Waals surface area contributed by atoms with Gasteiger partial charge in [0.1, 0.15) is 11.6 Å². The Balaban J connectivity index is 1.96. The Morgan fingerprint density at radius 1 is 1.00 bits per heavy atom. The van der Waals surface area contributed by atoms with Gasteiger partial charge in [-0.25, -0.2) is 13.8 Å². The Morgan fingerprint density at radius 2 is 1.73 bits per heavy atom. The maximum absolute atomic E-state index is 13.7. The normalized spacial score (nSPS) is 11.5. The second kappa shape index (κ2) is 10.5. The van der Waals surface area contributed by atoms with Gasteiger partial charge in [0.15, 0.2) is 5.96 Å². The molecule has 0 saturated heterocycles. The Hall–Kier alpha value is -2.47. The summed E-state index contributed by atoms with van der Waals surface area (Å²) in [5, 5.41) is 6.13. The Labute approximate surface area is 153 Å². The Bertz CT molecular complexity index is 717. The molecule has 0 spiro atoms. The summed E-state index contributed by atoms with van der Waals surface area (Å²) in [6, 6.07) is 11.5. The predicted octanol–water partition coefficient (Wildman–Crippen LogP) is 3.76. The molecule has 0 amide bonds. The third-order valence-corrected chi connectivity index (χ3v) is 3.71. The average Bonchev–Trinajstić information content (AvgIpc) is 2.65. The Morgan fingerprint density at radius 3 is 2.42 bits per heavy atom. The molecule has 2 aromatic carbocycles. The standard InChI is InChI=1S/C20H25F2N3O/c1-3-23-20(25-13-17-11-18(21)9-10-19(17)22)24-12-15-5-7-16(8-6-15)14-26-4-2/h5-11H,3-4,12-14H2,1-2H3,(H2,23,24,25). The molecule has 0 unspecified atom stereocenters. The van der Waals surface area contributed by atoms with Crippen LogP contribution in [0.15, 0.2) is 47.5 Å². The largest absolute Gasteiger partial charge is 0.377 e. The summed E-state index contributed by atoms with van der Waals surface area (Å²) >= 11 is 0. The quantitative estimate of drug-likeness (QED) is 0.556. The van der Waals surface area contributed by atoms with Crippen LogP contribution in [0.4, 0.5) is 8.78 Å². The van der Waals surface area contributed by atoms with Crippen molar-refractivity contribution in [2.24, 2.45) is 4.99 Å². The number of nitrogens with zero attached hydrogens (tertiary/aromatic N) is 1. The third-order valence-electron chi connectivity index (χ3n) is 3.71. The fraction of sp³-hybridized carbons (Fsp3) is 0.350. The molecule has 0 aliphatic carbocycles. The lowest BCUT2D eigenvalue weighted by molar-refractivity contribution is 0.134. The lowest BCUT2D eigenvalue weighted by Gasteiger charge is -2.12. The van der Waals surface area contributed by atoms with E-state index in [-0.39, 0.29) is 12.1 Å². The van der Waals surface area contributed by atoms with Gasteiger partial charge in [-0.05, 0) is 43.2 Å². The molecule has 0 radical (unpaired) electrons. The van der Waals surface area contributed by atoms with Gasteiger partial charge < -0.3 is 15.4 Å². The van der Waals surface area contributed by atoms with E-state index in [4.69, 9.17) is 4.74 Å². The van der Waals surface area contributed by atoms with E-state index >= 15 is 0 Å². The predicted molar refractivity (Wildman–Crippen MR) is 99.8 cm³/mol. The van der Waals surface area contributed by atoms with Gasteiger partial charge in [-0.3, -0.25) is 0 Å². The first kappa shape index (κ1) is 19.8. The van der Waals surface area contributed by atoms with Crippen LogP contribution < -0.4 is 10.6 Å². The van der Waals surface area contributed by atoms with Crippen LogP contribution in [0.2, 0.25) is 0 Å². The van der Waals surface area contributed by atoms with Gasteiger partial charge in [0.2, 0.25) is 0 Å². The first-order valence-corrected chi connectivity index (χ1v) is 8.74. The van der Waals surface area contributed by atoms with Gasteiger partial charge in [0.05, 0.1) is 13.2 Å². The molecule has 0 bridgehead atoms. The van der Waals surface area contributed by atoms with E-state index in [1.807, 2.05) is 38.1 Å². The van der Waals surface area contributed by atoms with Crippen LogP contribution in [0.1, 0.15) is 30.5 Å². The van der Waals surface area contributed by atoms with Gasteiger partial charge in [-0.15, -0.1) is 0 Å². The number of aliphatic imine (C=N–C) groups is 1. The zero-order valence-electron chi connectivity index (χ0n) is 15.2. The summed E-state index contributed by atoms with van der Waals surface area (Å²) in [4.78, 5) is 4.49. The number of guanidine groups is 1. The number of nitrogens with one attached hydrogen (secondary N) is 2. The summed E-state index contributed by atoms with van der Waals surface area (Å²) in [7, 11) is 0. The first-order chi connectivity index (χ1) is 12.6. The van der Waals surface area contributed by atoms with E-state index in [9.17, 15) is 8.78 Å². The van der Waals surface area contributed by atoms with Crippen LogP contribution in [0.25, 0.3) is 0 Å². The minimum Gasteiger partial charge on any atom is -0.377 e. The van der Waals surface area contributed by atoms with Gasteiger partial charge in [0, 0.05) is 25.3 Å². The van der Waals surface area contributed by atoms with Gasteiger partial charge in [0.25, 0.3) is 0 Å². The van der Waals surface area contributed by atoms with Crippen LogP contribution in [0.3, 0.4) is 0 Å². The monoisotopic (exact) mass is 361 g/mol. The average molecular weight is 361 g/mol. The zero-order chi connectivity index (χ0) is 18.8. The molecule has 2 N–H and O–H groups in total. The molecule has 2 aromatic rings. The number of benzene rings is 2. The van der Waals surface area contributed by atoms with E-state index in [1.165, 1.54) is 6.07 Å². The van der Waals surface area contributed by atoms with Crippen molar-refractivity contribution in [3.63, 3.8) is 0 Å². The third kappa shape index (κ3) is 6.44. The van der Waals surface area contributed by atoms with Crippen molar-refractivity contribution in [2.45, 2.75) is 33.5 Å². The number of hydrogen-bond acceptors (Lipinski definition) is 2. The smallest absolute Gasteiger partial charge is 0.191 e. The highest BCUT2D eigenvalue weighted by atomic mass is 19.1. The highest BCUT2D eigenvalue weighted by Gasteiger charge is 2.05. The number of hydrogen-bond donors (Lipinski definition) is 2. The fourth-order valence-corrected chi connectivity index (χ4v) is 2.33. The van der Waals surface area contributed by atoms with Crippen molar-refractivity contribution < 1.29 is 13.5 Å². The molecular weight excluding hydrogens is 336 g/mol. The molecule has 0 atom stereocenters. The lowest BCUT2D eigenvalue weighted by atomic mass is 10.1. The highest BCUT2D eigenvalue weighted by Crippen LogP contribution is 2.10. The molecule has 0 aliphatic heterocycles. The van der Waals surface area contributed by atoms with Crippen LogP contribution in [-0.4, -0.2) is 19.1 Å². The molecular formula is C20H25F2N3O. The van der Waals surface area contributed by atoms with Crippen LogP contribution >= 0.6 is 0 Å². The highest BCUT2D eigenvalue weighted by molar-refractivity contribution is 5.79. The van der Waals surface area contributed by atoms with Gasteiger partial charge in [-0.1, -0.05) is 24.3 Å².